The summed E-state index contributed by atoms with van der Waals surface area (Å²) >= 11 is 12.3. The minimum absolute atomic E-state index is 0.390. The molecule has 4 rings (SSSR count). The van der Waals surface area contributed by atoms with Crippen LogP contribution in [0.1, 0.15) is 27.2 Å². The summed E-state index contributed by atoms with van der Waals surface area (Å²) in [4.78, 5) is 12.4. The Bertz CT molecular complexity index is 1260. The largest absolute Gasteiger partial charge is 0.464 e. The minimum atomic E-state index is -0.446. The highest BCUT2D eigenvalue weighted by atomic mass is 35.5. The molecule has 5 nitrogen and oxygen atoms in total. The maximum Gasteiger partial charge on any atom is 0.356 e. The molecular formula is C24H20Cl2N2O3. The molecule has 31 heavy (non-hydrogen) atoms. The van der Waals surface area contributed by atoms with E-state index >= 15 is 0 Å². The van der Waals surface area contributed by atoms with Gasteiger partial charge >= 0.3 is 5.97 Å². The first-order chi connectivity index (χ1) is 14.9. The van der Waals surface area contributed by atoms with Crippen LogP contribution in [-0.4, -0.2) is 22.9 Å². The van der Waals surface area contributed by atoms with Crippen molar-refractivity contribution < 1.29 is 14.3 Å². The number of carbonyl (C=O) groups excluding carboxylic acids is 1. The van der Waals surface area contributed by atoms with Crippen LogP contribution in [0.2, 0.25) is 10.0 Å². The fourth-order valence-electron chi connectivity index (χ4n) is 3.47. The van der Waals surface area contributed by atoms with E-state index in [0.29, 0.717) is 33.9 Å². The van der Waals surface area contributed by atoms with Gasteiger partial charge in [-0.2, -0.15) is 5.10 Å². The highest BCUT2D eigenvalue weighted by Gasteiger charge is 2.19. The highest BCUT2D eigenvalue weighted by Crippen LogP contribution is 2.30. The number of hydrogen-bond acceptors (Lipinski definition) is 4. The van der Waals surface area contributed by atoms with Crippen molar-refractivity contribution in [1.29, 1.82) is 0 Å². The lowest BCUT2D eigenvalue weighted by Gasteiger charge is -2.11. The number of carbonyl (C=O) groups is 1. The minimum Gasteiger partial charge on any atom is -0.464 e. The predicted molar refractivity (Wildman–Crippen MR) is 123 cm³/mol. The molecule has 0 aliphatic rings. The van der Waals surface area contributed by atoms with Gasteiger partial charge in [-0.15, -0.1) is 0 Å². The van der Waals surface area contributed by atoms with Gasteiger partial charge in [0, 0.05) is 15.4 Å². The van der Waals surface area contributed by atoms with E-state index in [2.05, 4.69) is 5.10 Å². The molecule has 4 aromatic rings. The number of fused-ring (bicyclic) bond motifs is 1. The first-order valence-corrected chi connectivity index (χ1v) is 10.4. The topological polar surface area (TPSA) is 53.3 Å². The van der Waals surface area contributed by atoms with Gasteiger partial charge < -0.3 is 9.47 Å². The van der Waals surface area contributed by atoms with E-state index in [-0.39, 0.29) is 0 Å². The van der Waals surface area contributed by atoms with Crippen molar-refractivity contribution in [2.75, 3.05) is 7.11 Å². The number of methoxy groups -OCH3 is 1. The molecule has 0 amide bonds. The number of aromatic nitrogens is 2. The van der Waals surface area contributed by atoms with Crippen molar-refractivity contribution in [1.82, 2.24) is 9.78 Å². The van der Waals surface area contributed by atoms with Crippen LogP contribution in [0.5, 0.6) is 11.5 Å². The van der Waals surface area contributed by atoms with E-state index < -0.39 is 5.97 Å². The number of hydrogen-bond donors (Lipinski definition) is 0. The zero-order valence-electron chi connectivity index (χ0n) is 17.3. The van der Waals surface area contributed by atoms with E-state index in [9.17, 15) is 4.79 Å². The smallest absolute Gasteiger partial charge is 0.356 e. The Kier molecular flexibility index (Phi) is 5.90. The van der Waals surface area contributed by atoms with Gasteiger partial charge in [-0.25, -0.2) is 4.79 Å². The molecule has 0 fully saturated rings. The van der Waals surface area contributed by atoms with Gasteiger partial charge in [0.15, 0.2) is 5.69 Å². The van der Waals surface area contributed by atoms with Crippen LogP contribution in [0.3, 0.4) is 0 Å². The van der Waals surface area contributed by atoms with E-state index in [4.69, 9.17) is 32.7 Å². The summed E-state index contributed by atoms with van der Waals surface area (Å²) in [5, 5.41) is 6.55. The average Bonchev–Trinajstić information content (AvgIpc) is 3.09. The van der Waals surface area contributed by atoms with Gasteiger partial charge in [-0.3, -0.25) is 4.68 Å². The van der Waals surface area contributed by atoms with Crippen molar-refractivity contribution in [2.45, 2.75) is 20.4 Å². The quantitative estimate of drug-likeness (QED) is 0.319. The number of benzene rings is 3. The normalized spacial score (nSPS) is 11.0. The fourth-order valence-corrected chi connectivity index (χ4v) is 3.75. The van der Waals surface area contributed by atoms with Gasteiger partial charge in [0.2, 0.25) is 0 Å². The molecule has 1 aromatic heterocycles. The molecule has 0 aliphatic carbocycles. The van der Waals surface area contributed by atoms with E-state index in [1.54, 1.807) is 22.9 Å². The summed E-state index contributed by atoms with van der Waals surface area (Å²) in [6.07, 6.45) is 0. The van der Waals surface area contributed by atoms with Gasteiger partial charge in [-0.05, 0) is 73.0 Å². The number of aryl methyl sites for hydroxylation is 2. The molecule has 0 saturated heterocycles. The van der Waals surface area contributed by atoms with Gasteiger partial charge in [0.1, 0.15) is 11.5 Å². The van der Waals surface area contributed by atoms with E-state index in [1.807, 2.05) is 50.2 Å². The summed E-state index contributed by atoms with van der Waals surface area (Å²) < 4.78 is 12.6. The van der Waals surface area contributed by atoms with Crippen LogP contribution in [0.25, 0.3) is 10.9 Å². The van der Waals surface area contributed by atoms with Crippen molar-refractivity contribution in [3.05, 3.63) is 87.0 Å². The number of ether oxygens (including phenoxy) is 2. The maximum atomic E-state index is 12.4. The molecule has 158 valence electrons. The fraction of sp³-hybridized carbons (Fsp3) is 0.167. The average molecular weight is 455 g/mol. The Hall–Kier alpha value is -3.02. The lowest BCUT2D eigenvalue weighted by molar-refractivity contribution is 0.0589. The Labute approximate surface area is 190 Å². The third-order valence-electron chi connectivity index (χ3n) is 4.98. The zero-order chi connectivity index (χ0) is 22.1. The lowest BCUT2D eigenvalue weighted by atomic mass is 10.1. The van der Waals surface area contributed by atoms with Crippen LogP contribution in [0.4, 0.5) is 0 Å². The molecule has 3 aromatic carbocycles. The van der Waals surface area contributed by atoms with Crippen LogP contribution in [-0.2, 0) is 11.3 Å². The van der Waals surface area contributed by atoms with Gasteiger partial charge in [-0.1, -0.05) is 35.3 Å². The lowest BCUT2D eigenvalue weighted by Crippen LogP contribution is -2.13. The second kappa shape index (κ2) is 8.61. The van der Waals surface area contributed by atoms with Gasteiger partial charge in [0.05, 0.1) is 19.2 Å². The monoisotopic (exact) mass is 454 g/mol. The first-order valence-electron chi connectivity index (χ1n) is 9.63. The zero-order valence-corrected chi connectivity index (χ0v) is 18.8. The molecule has 0 aliphatic heterocycles. The van der Waals surface area contributed by atoms with E-state index in [1.165, 1.54) is 7.11 Å². The van der Waals surface area contributed by atoms with Gasteiger partial charge in [0.25, 0.3) is 0 Å². The van der Waals surface area contributed by atoms with Crippen LogP contribution < -0.4 is 4.74 Å². The second-order valence-electron chi connectivity index (χ2n) is 7.28. The Balaban J connectivity index is 1.59. The highest BCUT2D eigenvalue weighted by molar-refractivity contribution is 6.32. The summed E-state index contributed by atoms with van der Waals surface area (Å²) in [6, 6.07) is 16.7. The molecular weight excluding hydrogens is 435 g/mol. The third kappa shape index (κ3) is 4.38. The standard InChI is InChI=1S/C24H20Cl2N2O3/c1-14-10-19(11-15(2)22(14)26)31-18-7-4-16(5-8-18)13-28-23(24(29)30-3)20-9-6-17(25)12-21(20)27-28/h4-12H,13H2,1-3H3. The maximum absolute atomic E-state index is 12.4. The van der Waals surface area contributed by atoms with Crippen LogP contribution in [0, 0.1) is 13.8 Å². The Morgan fingerprint density at radius 3 is 2.29 bits per heavy atom. The summed E-state index contributed by atoms with van der Waals surface area (Å²) in [5.74, 6) is 0.990. The molecule has 0 radical (unpaired) electrons. The summed E-state index contributed by atoms with van der Waals surface area (Å²) in [5.41, 5.74) is 3.92. The molecule has 0 bridgehead atoms. The van der Waals surface area contributed by atoms with Crippen molar-refractivity contribution in [2.24, 2.45) is 0 Å². The predicted octanol–water partition coefficient (Wildman–Crippen LogP) is 6.59. The van der Waals surface area contributed by atoms with Crippen molar-refractivity contribution >= 4 is 40.1 Å². The van der Waals surface area contributed by atoms with Crippen molar-refractivity contribution in [3.8, 4) is 11.5 Å². The Morgan fingerprint density at radius 1 is 0.968 bits per heavy atom. The van der Waals surface area contributed by atoms with Crippen LogP contribution >= 0.6 is 23.2 Å². The second-order valence-corrected chi connectivity index (χ2v) is 8.09. The van der Waals surface area contributed by atoms with Crippen LogP contribution in [0.15, 0.2) is 54.6 Å². The number of rotatable bonds is 5. The Morgan fingerprint density at radius 2 is 1.65 bits per heavy atom. The first kappa shape index (κ1) is 21.2. The molecule has 0 spiro atoms. The summed E-state index contributed by atoms with van der Waals surface area (Å²) in [7, 11) is 1.35. The van der Waals surface area contributed by atoms with Crippen molar-refractivity contribution in [3.63, 3.8) is 0 Å². The van der Waals surface area contributed by atoms with E-state index in [0.717, 1.165) is 27.5 Å². The molecule has 0 unspecified atom stereocenters. The summed E-state index contributed by atoms with van der Waals surface area (Å²) in [6.45, 7) is 4.30. The number of esters is 1. The number of nitrogens with zero attached hydrogens (tertiary/aromatic N) is 2. The number of halogens is 2. The molecule has 0 N–H and O–H groups in total. The third-order valence-corrected chi connectivity index (χ3v) is 5.81. The molecule has 0 saturated carbocycles. The molecule has 0 atom stereocenters. The molecule has 1 heterocycles. The SMILES string of the molecule is COC(=O)c1c2ccc(Cl)cc2nn1Cc1ccc(Oc2cc(C)c(Cl)c(C)c2)cc1. The molecule has 7 heteroatoms.